The number of rotatable bonds is 11. The molecular weight excluding hydrogens is 469 g/mol. The Balaban J connectivity index is 1.78. The SMILES string of the molecule is CCON=C1[C@@H](Cn2cncn2)[C@H](COc2ccc(OC(F)(F)F)cc2)CC[C@@]1(C)CCSC. The molecule has 1 aromatic carbocycles. The van der Waals surface area contributed by atoms with E-state index in [0.29, 0.717) is 25.5 Å². The van der Waals surface area contributed by atoms with E-state index >= 15 is 0 Å². The lowest BCUT2D eigenvalue weighted by Gasteiger charge is -2.43. The number of oxime groups is 1. The molecule has 0 aliphatic heterocycles. The van der Waals surface area contributed by atoms with Gasteiger partial charge < -0.3 is 14.3 Å². The molecule has 0 saturated heterocycles. The van der Waals surface area contributed by atoms with Crippen LogP contribution in [0.25, 0.3) is 0 Å². The molecule has 0 unspecified atom stereocenters. The van der Waals surface area contributed by atoms with Crippen molar-refractivity contribution in [1.29, 1.82) is 0 Å². The minimum absolute atomic E-state index is 0.0155. The first-order valence-electron chi connectivity index (χ1n) is 11.2. The molecule has 3 atom stereocenters. The first-order chi connectivity index (χ1) is 16.2. The molecule has 7 nitrogen and oxygen atoms in total. The second-order valence-corrected chi connectivity index (χ2v) is 9.54. The molecule has 11 heteroatoms. The maximum Gasteiger partial charge on any atom is 0.573 e. The molecule has 0 amide bonds. The van der Waals surface area contributed by atoms with Gasteiger partial charge in [0.05, 0.1) is 18.9 Å². The highest BCUT2D eigenvalue weighted by atomic mass is 32.2. The van der Waals surface area contributed by atoms with E-state index in [2.05, 4.69) is 33.2 Å². The summed E-state index contributed by atoms with van der Waals surface area (Å²) in [7, 11) is 0. The van der Waals surface area contributed by atoms with Gasteiger partial charge in [-0.3, -0.25) is 4.68 Å². The molecule has 1 saturated carbocycles. The molecular formula is C23H31F3N4O3S. The minimum atomic E-state index is -4.72. The fourth-order valence-electron chi connectivity index (χ4n) is 4.30. The third-order valence-corrected chi connectivity index (χ3v) is 6.74. The maximum atomic E-state index is 12.4. The summed E-state index contributed by atoms with van der Waals surface area (Å²) in [6.45, 7) is 5.61. The Hall–Kier alpha value is -2.43. The number of hydrogen-bond donors (Lipinski definition) is 0. The average Bonchev–Trinajstić information content (AvgIpc) is 3.30. The van der Waals surface area contributed by atoms with Gasteiger partial charge in [0, 0.05) is 17.3 Å². The van der Waals surface area contributed by atoms with Crippen LogP contribution in [-0.4, -0.2) is 52.1 Å². The van der Waals surface area contributed by atoms with Crippen molar-refractivity contribution in [2.45, 2.75) is 46.0 Å². The summed E-state index contributed by atoms with van der Waals surface area (Å²) in [6, 6.07) is 5.46. The molecule has 1 heterocycles. The van der Waals surface area contributed by atoms with Crippen LogP contribution in [0.2, 0.25) is 0 Å². The normalized spacial score (nSPS) is 24.2. The van der Waals surface area contributed by atoms with E-state index in [0.717, 1.165) is 30.7 Å². The number of thioether (sulfide) groups is 1. The second-order valence-electron chi connectivity index (χ2n) is 8.55. The van der Waals surface area contributed by atoms with Crippen LogP contribution >= 0.6 is 11.8 Å². The van der Waals surface area contributed by atoms with Gasteiger partial charge in [0.15, 0.2) is 0 Å². The Morgan fingerprint density at radius 2 is 1.97 bits per heavy atom. The molecule has 1 fully saturated rings. The van der Waals surface area contributed by atoms with Gasteiger partial charge in [0.25, 0.3) is 0 Å². The van der Waals surface area contributed by atoms with Gasteiger partial charge in [-0.05, 0) is 62.5 Å². The zero-order valence-corrected chi connectivity index (χ0v) is 20.4. The molecule has 2 aromatic rings. The molecule has 1 aliphatic carbocycles. The van der Waals surface area contributed by atoms with Crippen LogP contribution in [0.3, 0.4) is 0 Å². The minimum Gasteiger partial charge on any atom is -0.493 e. The molecule has 0 radical (unpaired) electrons. The van der Waals surface area contributed by atoms with E-state index in [1.165, 1.54) is 30.6 Å². The van der Waals surface area contributed by atoms with Crippen LogP contribution in [0.15, 0.2) is 42.1 Å². The number of alkyl halides is 3. The van der Waals surface area contributed by atoms with E-state index in [1.807, 2.05) is 18.7 Å². The molecule has 1 aliphatic rings. The van der Waals surface area contributed by atoms with Gasteiger partial charge >= 0.3 is 6.36 Å². The molecule has 3 rings (SSSR count). The zero-order valence-electron chi connectivity index (χ0n) is 19.6. The van der Waals surface area contributed by atoms with E-state index < -0.39 is 6.36 Å². The maximum absolute atomic E-state index is 12.4. The van der Waals surface area contributed by atoms with Crippen LogP contribution in [-0.2, 0) is 11.4 Å². The van der Waals surface area contributed by atoms with Crippen molar-refractivity contribution in [2.24, 2.45) is 22.4 Å². The largest absolute Gasteiger partial charge is 0.573 e. The van der Waals surface area contributed by atoms with Crippen molar-refractivity contribution in [1.82, 2.24) is 14.8 Å². The summed E-state index contributed by atoms with van der Waals surface area (Å²) < 4.78 is 49.0. The Bertz CT molecular complexity index is 909. The Kier molecular flexibility index (Phi) is 9.10. The van der Waals surface area contributed by atoms with E-state index in [1.54, 1.807) is 11.0 Å². The van der Waals surface area contributed by atoms with Gasteiger partial charge in [-0.25, -0.2) is 4.98 Å². The van der Waals surface area contributed by atoms with E-state index in [4.69, 9.17) is 9.57 Å². The van der Waals surface area contributed by atoms with Crippen molar-refractivity contribution in [3.8, 4) is 11.5 Å². The highest BCUT2D eigenvalue weighted by Gasteiger charge is 2.44. The first kappa shape index (κ1) is 26.2. The van der Waals surface area contributed by atoms with Gasteiger partial charge in [0.1, 0.15) is 30.8 Å². The van der Waals surface area contributed by atoms with Gasteiger partial charge in [-0.15, -0.1) is 13.2 Å². The highest BCUT2D eigenvalue weighted by Crippen LogP contribution is 2.44. The average molecular weight is 501 g/mol. The van der Waals surface area contributed by atoms with Gasteiger partial charge in [0.2, 0.25) is 0 Å². The number of benzene rings is 1. The van der Waals surface area contributed by atoms with Gasteiger partial charge in [-0.1, -0.05) is 12.1 Å². The van der Waals surface area contributed by atoms with Crippen molar-refractivity contribution >= 4 is 17.5 Å². The fraction of sp³-hybridized carbons (Fsp3) is 0.609. The van der Waals surface area contributed by atoms with Crippen molar-refractivity contribution in [3.63, 3.8) is 0 Å². The highest BCUT2D eigenvalue weighted by molar-refractivity contribution is 7.98. The monoisotopic (exact) mass is 500 g/mol. The van der Waals surface area contributed by atoms with Crippen LogP contribution in [0.1, 0.15) is 33.1 Å². The van der Waals surface area contributed by atoms with Crippen LogP contribution in [0.4, 0.5) is 13.2 Å². The summed E-state index contributed by atoms with van der Waals surface area (Å²) in [5, 5.41) is 8.87. The van der Waals surface area contributed by atoms with Crippen molar-refractivity contribution < 1.29 is 27.5 Å². The fourth-order valence-corrected chi connectivity index (χ4v) is 4.96. The zero-order chi connectivity index (χ0) is 24.6. The van der Waals surface area contributed by atoms with E-state index in [-0.39, 0.29) is 23.0 Å². The van der Waals surface area contributed by atoms with Crippen molar-refractivity contribution in [2.75, 3.05) is 25.2 Å². The summed E-state index contributed by atoms with van der Waals surface area (Å²) >= 11 is 1.81. The summed E-state index contributed by atoms with van der Waals surface area (Å²) in [4.78, 5) is 9.62. The molecule has 0 N–H and O–H groups in total. The van der Waals surface area contributed by atoms with Crippen LogP contribution in [0.5, 0.6) is 11.5 Å². The van der Waals surface area contributed by atoms with E-state index in [9.17, 15) is 13.2 Å². The quantitative estimate of drug-likeness (QED) is 0.383. The Labute approximate surface area is 202 Å². The molecule has 34 heavy (non-hydrogen) atoms. The second kappa shape index (κ2) is 11.8. The van der Waals surface area contributed by atoms with Crippen molar-refractivity contribution in [3.05, 3.63) is 36.9 Å². The molecule has 188 valence electrons. The number of hydrogen-bond acceptors (Lipinski definition) is 7. The number of nitrogens with zero attached hydrogens (tertiary/aromatic N) is 4. The summed E-state index contributed by atoms with van der Waals surface area (Å²) in [5.74, 6) is 1.36. The summed E-state index contributed by atoms with van der Waals surface area (Å²) in [5.41, 5.74) is 0.906. The molecule has 0 spiro atoms. The smallest absolute Gasteiger partial charge is 0.493 e. The molecule has 0 bridgehead atoms. The lowest BCUT2D eigenvalue weighted by molar-refractivity contribution is -0.274. The molecule has 1 aromatic heterocycles. The number of halogens is 3. The standard InChI is InChI=1S/C23H31F3N4O3S/c1-4-32-29-21-20(13-30-16-27-15-28-30)17(9-10-22(21,2)11-12-34-3)14-31-18-5-7-19(8-6-18)33-23(24,25)26/h5-8,15-17,20H,4,9-14H2,1-3H3/t17-,20-,22-/m0/s1. The lowest BCUT2D eigenvalue weighted by Crippen LogP contribution is -2.46. The third-order valence-electron chi connectivity index (χ3n) is 6.13. The van der Waals surface area contributed by atoms with Crippen LogP contribution < -0.4 is 9.47 Å². The van der Waals surface area contributed by atoms with Crippen LogP contribution in [0, 0.1) is 17.3 Å². The van der Waals surface area contributed by atoms with Gasteiger partial charge in [-0.2, -0.15) is 16.9 Å². The number of ether oxygens (including phenoxy) is 2. The first-order valence-corrected chi connectivity index (χ1v) is 12.6. The predicted octanol–water partition coefficient (Wildman–Crippen LogP) is 5.43. The Morgan fingerprint density at radius 1 is 1.24 bits per heavy atom. The summed E-state index contributed by atoms with van der Waals surface area (Å²) in [6.07, 6.45) is 3.42. The number of aromatic nitrogens is 3. The Morgan fingerprint density at radius 3 is 2.59 bits per heavy atom. The predicted molar refractivity (Wildman–Crippen MR) is 125 cm³/mol. The topological polar surface area (TPSA) is 70.8 Å². The third kappa shape index (κ3) is 7.28. The lowest BCUT2D eigenvalue weighted by atomic mass is 9.63.